The van der Waals surface area contributed by atoms with E-state index in [2.05, 4.69) is 26.8 Å². The number of amides is 1. The lowest BCUT2D eigenvalue weighted by atomic mass is 10.1. The predicted molar refractivity (Wildman–Crippen MR) is 104 cm³/mol. The second-order valence-electron chi connectivity index (χ2n) is 5.15. The Morgan fingerprint density at radius 1 is 1.30 bits per heavy atom. The number of carbonyl (C=O) groups is 2. The molecule has 1 heterocycles. The van der Waals surface area contributed by atoms with Gasteiger partial charge < -0.3 is 14.2 Å². The summed E-state index contributed by atoms with van der Waals surface area (Å²) < 4.78 is 15.2. The Morgan fingerprint density at radius 2 is 2.07 bits per heavy atom. The van der Waals surface area contributed by atoms with Gasteiger partial charge in [0.1, 0.15) is 0 Å². The van der Waals surface area contributed by atoms with Crippen molar-refractivity contribution in [2.45, 2.75) is 6.42 Å². The summed E-state index contributed by atoms with van der Waals surface area (Å²) in [6.45, 7) is 3.74. The van der Waals surface area contributed by atoms with Gasteiger partial charge in [-0.05, 0) is 35.9 Å². The lowest BCUT2D eigenvalue weighted by Gasteiger charge is -2.12. The highest BCUT2D eigenvalue weighted by Crippen LogP contribution is 2.32. The van der Waals surface area contributed by atoms with Crippen LogP contribution in [-0.2, 0) is 20.7 Å². The maximum absolute atomic E-state index is 11.8. The van der Waals surface area contributed by atoms with Crippen molar-refractivity contribution in [1.29, 1.82) is 0 Å². The molecule has 1 amide bonds. The minimum atomic E-state index is -0.613. The minimum Gasteiger partial charge on any atom is -0.493 e. The van der Waals surface area contributed by atoms with E-state index in [-0.39, 0.29) is 10.1 Å². The molecule has 1 fully saturated rings. The molecule has 0 spiro atoms. The van der Waals surface area contributed by atoms with E-state index in [0.717, 1.165) is 29.0 Å². The van der Waals surface area contributed by atoms with E-state index in [1.807, 2.05) is 6.07 Å². The van der Waals surface area contributed by atoms with Gasteiger partial charge in [0.05, 0.1) is 32.4 Å². The van der Waals surface area contributed by atoms with Gasteiger partial charge in [-0.15, -0.1) is 11.7 Å². The number of hydrogen-bond acceptors (Lipinski definition) is 8. The molecule has 0 aromatic heterocycles. The average Bonchev–Trinajstić information content (AvgIpc) is 3.00. The molecule has 2 rings (SSSR count). The Labute approximate surface area is 161 Å². The molecular weight excluding hydrogens is 370 g/mol. The first kappa shape index (κ1) is 20.2. The first-order valence-electron chi connectivity index (χ1n) is 7.78. The third kappa shape index (κ3) is 5.20. The zero-order valence-electron chi connectivity index (χ0n) is 15.1. The summed E-state index contributed by atoms with van der Waals surface area (Å²) in [6, 6.07) is 3.65. The standard InChI is InChI=1S/C18H19N3O5S/c1-5-6-12-7-11(8-13(24-2)16(12)26-4)10-19-21-18-20-17(23)14(27-18)9-15(22)25-3/h5,7-10H,1,6H2,2-4H3,(H,20,21,23)/b14-9+,19-10?. The zero-order chi connectivity index (χ0) is 19.8. The fourth-order valence-electron chi connectivity index (χ4n) is 2.24. The van der Waals surface area contributed by atoms with Crippen LogP contribution in [0.1, 0.15) is 11.1 Å². The summed E-state index contributed by atoms with van der Waals surface area (Å²) in [7, 11) is 4.36. The van der Waals surface area contributed by atoms with E-state index in [9.17, 15) is 9.59 Å². The van der Waals surface area contributed by atoms with Gasteiger partial charge in [-0.2, -0.15) is 5.10 Å². The van der Waals surface area contributed by atoms with Crippen molar-refractivity contribution in [2.24, 2.45) is 10.2 Å². The zero-order valence-corrected chi connectivity index (χ0v) is 16.0. The van der Waals surface area contributed by atoms with Gasteiger partial charge in [0.15, 0.2) is 16.7 Å². The van der Waals surface area contributed by atoms with Gasteiger partial charge >= 0.3 is 5.97 Å². The van der Waals surface area contributed by atoms with Crippen molar-refractivity contribution in [3.8, 4) is 11.5 Å². The topological polar surface area (TPSA) is 98.6 Å². The van der Waals surface area contributed by atoms with Gasteiger partial charge in [-0.3, -0.25) is 10.1 Å². The van der Waals surface area contributed by atoms with Crippen LogP contribution in [0.15, 0.2) is 46.0 Å². The molecule has 142 valence electrons. The van der Waals surface area contributed by atoms with E-state index in [1.54, 1.807) is 26.4 Å². The number of rotatable bonds is 7. The molecule has 1 aromatic carbocycles. The molecule has 0 radical (unpaired) electrons. The monoisotopic (exact) mass is 389 g/mol. The van der Waals surface area contributed by atoms with E-state index in [1.165, 1.54) is 13.3 Å². The number of nitrogens with zero attached hydrogens (tertiary/aromatic N) is 2. The molecule has 27 heavy (non-hydrogen) atoms. The highest BCUT2D eigenvalue weighted by atomic mass is 32.2. The first-order chi connectivity index (χ1) is 13.0. The van der Waals surface area contributed by atoms with E-state index >= 15 is 0 Å². The SMILES string of the molecule is C=CCc1cc(C=N/N=C2/NC(=O)/C(=C\C(=O)OC)S2)cc(OC)c1OC. The molecule has 1 aliphatic rings. The van der Waals surface area contributed by atoms with Crippen LogP contribution < -0.4 is 14.8 Å². The Balaban J connectivity index is 2.21. The smallest absolute Gasteiger partial charge is 0.331 e. The quantitative estimate of drug-likeness (QED) is 0.252. The number of carbonyl (C=O) groups excluding carboxylic acids is 2. The molecule has 9 heteroatoms. The second kappa shape index (κ2) is 9.58. The van der Waals surface area contributed by atoms with E-state index in [0.29, 0.717) is 17.9 Å². The molecule has 1 aliphatic heterocycles. The summed E-state index contributed by atoms with van der Waals surface area (Å²) in [5.41, 5.74) is 1.64. The molecule has 0 atom stereocenters. The van der Waals surface area contributed by atoms with Gasteiger partial charge in [0.25, 0.3) is 5.91 Å². The Bertz CT molecular complexity index is 846. The van der Waals surface area contributed by atoms with Crippen LogP contribution in [0.5, 0.6) is 11.5 Å². The van der Waals surface area contributed by atoms with Gasteiger partial charge in [0.2, 0.25) is 0 Å². The van der Waals surface area contributed by atoms with Crippen molar-refractivity contribution in [3.05, 3.63) is 46.9 Å². The van der Waals surface area contributed by atoms with Crippen molar-refractivity contribution in [2.75, 3.05) is 21.3 Å². The highest BCUT2D eigenvalue weighted by Gasteiger charge is 2.25. The van der Waals surface area contributed by atoms with Crippen molar-refractivity contribution < 1.29 is 23.8 Å². The molecule has 1 saturated heterocycles. The van der Waals surface area contributed by atoms with Gasteiger partial charge in [-0.1, -0.05) is 6.08 Å². The molecule has 1 N–H and O–H groups in total. The largest absolute Gasteiger partial charge is 0.493 e. The maximum atomic E-state index is 11.8. The number of amidine groups is 1. The summed E-state index contributed by atoms with van der Waals surface area (Å²) in [5, 5.41) is 10.7. The van der Waals surface area contributed by atoms with Crippen molar-refractivity contribution >= 4 is 35.0 Å². The molecule has 1 aromatic rings. The Morgan fingerprint density at radius 3 is 2.70 bits per heavy atom. The fourth-order valence-corrected chi connectivity index (χ4v) is 2.98. The molecule has 8 nitrogen and oxygen atoms in total. The molecule has 0 bridgehead atoms. The number of benzene rings is 1. The van der Waals surface area contributed by atoms with Gasteiger partial charge in [0, 0.05) is 11.6 Å². The highest BCUT2D eigenvalue weighted by molar-refractivity contribution is 8.18. The van der Waals surface area contributed by atoms with Crippen LogP contribution in [0.4, 0.5) is 0 Å². The number of hydrogen-bond donors (Lipinski definition) is 1. The normalized spacial score (nSPS) is 16.6. The number of methoxy groups -OCH3 is 3. The van der Waals surface area contributed by atoms with Crippen LogP contribution in [0, 0.1) is 0 Å². The number of thioether (sulfide) groups is 1. The third-order valence-electron chi connectivity index (χ3n) is 3.40. The van der Waals surface area contributed by atoms with Crippen LogP contribution in [0.2, 0.25) is 0 Å². The van der Waals surface area contributed by atoms with Crippen molar-refractivity contribution in [3.63, 3.8) is 0 Å². The van der Waals surface area contributed by atoms with E-state index in [4.69, 9.17) is 9.47 Å². The average molecular weight is 389 g/mol. The lowest BCUT2D eigenvalue weighted by molar-refractivity contribution is -0.135. The van der Waals surface area contributed by atoms with Crippen LogP contribution in [-0.4, -0.2) is 44.6 Å². The summed E-state index contributed by atoms with van der Waals surface area (Å²) in [4.78, 5) is 23.2. The molecule has 0 saturated carbocycles. The van der Waals surface area contributed by atoms with Gasteiger partial charge in [-0.25, -0.2) is 4.79 Å². The number of ether oxygens (including phenoxy) is 3. The number of allylic oxidation sites excluding steroid dienone is 1. The summed E-state index contributed by atoms with van der Waals surface area (Å²) in [6.07, 6.45) is 4.99. The molecule has 0 aliphatic carbocycles. The molecule has 0 unspecified atom stereocenters. The number of nitrogens with one attached hydrogen (secondary N) is 1. The third-order valence-corrected chi connectivity index (χ3v) is 4.30. The number of esters is 1. The maximum Gasteiger partial charge on any atom is 0.331 e. The van der Waals surface area contributed by atoms with Crippen LogP contribution in [0.25, 0.3) is 0 Å². The first-order valence-corrected chi connectivity index (χ1v) is 8.59. The molecular formula is C18H19N3O5S. The van der Waals surface area contributed by atoms with Crippen LogP contribution in [0.3, 0.4) is 0 Å². The predicted octanol–water partition coefficient (Wildman–Crippen LogP) is 2.04. The summed E-state index contributed by atoms with van der Waals surface area (Å²) >= 11 is 1.00. The van der Waals surface area contributed by atoms with Crippen molar-refractivity contribution in [1.82, 2.24) is 5.32 Å². The van der Waals surface area contributed by atoms with Crippen LogP contribution >= 0.6 is 11.8 Å². The minimum absolute atomic E-state index is 0.190. The fraction of sp³-hybridized carbons (Fsp3) is 0.222. The Kier molecular flexibility index (Phi) is 7.18. The van der Waals surface area contributed by atoms with E-state index < -0.39 is 11.9 Å². The summed E-state index contributed by atoms with van der Waals surface area (Å²) in [5.74, 6) is 0.158. The second-order valence-corrected chi connectivity index (χ2v) is 6.18. The lowest BCUT2D eigenvalue weighted by Crippen LogP contribution is -2.19. The Hall–Kier alpha value is -3.07.